The fourth-order valence-electron chi connectivity index (χ4n) is 2.76. The molecule has 162 valence electrons. The number of phenols is 1. The first-order valence-electron chi connectivity index (χ1n) is 9.19. The van der Waals surface area contributed by atoms with Crippen molar-refractivity contribution in [1.29, 1.82) is 0 Å². The number of methoxy groups -OCH3 is 2. The molecular weight excluding hydrogens is 420 g/mol. The molecule has 1 amide bonds. The van der Waals surface area contributed by atoms with Gasteiger partial charge in [-0.2, -0.15) is 4.98 Å². The van der Waals surface area contributed by atoms with Gasteiger partial charge in [-0.05, 0) is 48.7 Å². The van der Waals surface area contributed by atoms with E-state index in [0.29, 0.717) is 34.4 Å². The number of rotatable bonds is 7. The Morgan fingerprint density at radius 1 is 1.23 bits per heavy atom. The van der Waals surface area contributed by atoms with E-state index in [-0.39, 0.29) is 5.75 Å². The highest BCUT2D eigenvalue weighted by atomic mass is 32.2. The van der Waals surface area contributed by atoms with Gasteiger partial charge in [0.05, 0.1) is 25.6 Å². The standard InChI is InChI=1S/C21H22N4O5S/c1-12-22-19(25-30-12)13-5-8-15(9-6-13)23-18(20(31-4)24-21(27)29-3)14-7-10-16(26)17(11-14)28-2/h5-11,20,26H,1-4H3,(H,24,27). The number of nitrogens with one attached hydrogen (secondary N) is 1. The Morgan fingerprint density at radius 3 is 2.55 bits per heavy atom. The van der Waals surface area contributed by atoms with E-state index in [2.05, 4.69) is 15.5 Å². The van der Waals surface area contributed by atoms with Crippen LogP contribution in [0.3, 0.4) is 0 Å². The lowest BCUT2D eigenvalue weighted by Gasteiger charge is -2.19. The third-order valence-electron chi connectivity index (χ3n) is 4.30. The Bertz CT molecular complexity index is 1080. The maximum atomic E-state index is 11.9. The zero-order chi connectivity index (χ0) is 22.4. The van der Waals surface area contributed by atoms with Crippen LogP contribution < -0.4 is 10.1 Å². The minimum atomic E-state index is -0.583. The lowest BCUT2D eigenvalue weighted by Crippen LogP contribution is -2.38. The number of alkyl carbamates (subject to hydrolysis) is 1. The molecule has 0 bridgehead atoms. The number of carbonyl (C=O) groups excluding carboxylic acids is 1. The minimum absolute atomic E-state index is 0.00647. The van der Waals surface area contributed by atoms with Gasteiger partial charge in [0.1, 0.15) is 5.37 Å². The summed E-state index contributed by atoms with van der Waals surface area (Å²) in [6, 6.07) is 12.2. The molecule has 3 aromatic rings. The minimum Gasteiger partial charge on any atom is -0.504 e. The smallest absolute Gasteiger partial charge is 0.408 e. The number of carbonyl (C=O) groups is 1. The van der Waals surface area contributed by atoms with E-state index in [0.717, 1.165) is 5.56 Å². The summed E-state index contributed by atoms with van der Waals surface area (Å²) in [5.74, 6) is 1.28. The molecule has 1 aromatic heterocycles. The maximum absolute atomic E-state index is 11.9. The van der Waals surface area contributed by atoms with Crippen LogP contribution in [0.15, 0.2) is 52.0 Å². The average Bonchev–Trinajstić information content (AvgIpc) is 3.23. The van der Waals surface area contributed by atoms with Crippen LogP contribution in [-0.4, -0.2) is 52.9 Å². The fraction of sp³-hybridized carbons (Fsp3) is 0.238. The van der Waals surface area contributed by atoms with Crippen molar-refractivity contribution in [2.45, 2.75) is 12.3 Å². The van der Waals surface area contributed by atoms with E-state index in [9.17, 15) is 9.90 Å². The highest BCUT2D eigenvalue weighted by Gasteiger charge is 2.21. The molecule has 10 heteroatoms. The first kappa shape index (κ1) is 22.2. The second-order valence-electron chi connectivity index (χ2n) is 6.32. The van der Waals surface area contributed by atoms with Crippen molar-refractivity contribution in [2.24, 2.45) is 4.99 Å². The van der Waals surface area contributed by atoms with Gasteiger partial charge in [-0.3, -0.25) is 0 Å². The van der Waals surface area contributed by atoms with E-state index in [4.69, 9.17) is 19.0 Å². The number of nitrogens with zero attached hydrogens (tertiary/aromatic N) is 3. The molecule has 0 saturated heterocycles. The summed E-state index contributed by atoms with van der Waals surface area (Å²) in [5.41, 5.74) is 2.66. The summed E-state index contributed by atoms with van der Waals surface area (Å²) in [7, 11) is 2.76. The largest absolute Gasteiger partial charge is 0.504 e. The zero-order valence-electron chi connectivity index (χ0n) is 17.4. The van der Waals surface area contributed by atoms with Crippen LogP contribution in [0.2, 0.25) is 0 Å². The number of ether oxygens (including phenoxy) is 2. The number of aryl methyl sites for hydroxylation is 1. The van der Waals surface area contributed by atoms with Gasteiger partial charge < -0.3 is 24.4 Å². The molecule has 0 aliphatic carbocycles. The number of hydrogen-bond acceptors (Lipinski definition) is 9. The van der Waals surface area contributed by atoms with E-state index in [1.54, 1.807) is 19.1 Å². The normalized spacial score (nSPS) is 12.3. The molecule has 0 fully saturated rings. The van der Waals surface area contributed by atoms with Crippen LogP contribution in [0.4, 0.5) is 10.5 Å². The monoisotopic (exact) mass is 442 g/mol. The molecule has 3 rings (SSSR count). The first-order valence-corrected chi connectivity index (χ1v) is 10.5. The van der Waals surface area contributed by atoms with Gasteiger partial charge in [-0.1, -0.05) is 5.16 Å². The number of aromatic nitrogens is 2. The molecule has 0 radical (unpaired) electrons. The summed E-state index contributed by atoms with van der Waals surface area (Å²) < 4.78 is 15.0. The van der Waals surface area contributed by atoms with Gasteiger partial charge in [-0.15, -0.1) is 11.8 Å². The van der Waals surface area contributed by atoms with Crippen LogP contribution in [0.25, 0.3) is 11.4 Å². The van der Waals surface area contributed by atoms with Gasteiger partial charge in [-0.25, -0.2) is 9.79 Å². The predicted molar refractivity (Wildman–Crippen MR) is 118 cm³/mol. The van der Waals surface area contributed by atoms with Gasteiger partial charge in [0.15, 0.2) is 11.5 Å². The Morgan fingerprint density at radius 2 is 1.97 bits per heavy atom. The van der Waals surface area contributed by atoms with Gasteiger partial charge >= 0.3 is 6.09 Å². The fourth-order valence-corrected chi connectivity index (χ4v) is 3.38. The lowest BCUT2D eigenvalue weighted by molar-refractivity contribution is 0.172. The number of aliphatic imine (C=N–C) groups is 1. The van der Waals surface area contributed by atoms with Crippen LogP contribution in [0, 0.1) is 6.92 Å². The number of phenolic OH excluding ortho intramolecular Hbond substituents is 1. The van der Waals surface area contributed by atoms with Gasteiger partial charge in [0, 0.05) is 18.1 Å². The molecule has 1 atom stereocenters. The molecule has 31 heavy (non-hydrogen) atoms. The number of hydrogen-bond donors (Lipinski definition) is 2. The Kier molecular flexibility index (Phi) is 7.14. The van der Waals surface area contributed by atoms with Crippen LogP contribution in [-0.2, 0) is 4.74 Å². The Labute approximate surface area is 183 Å². The molecule has 2 N–H and O–H groups in total. The van der Waals surface area contributed by atoms with Crippen molar-refractivity contribution in [3.63, 3.8) is 0 Å². The summed E-state index contributed by atoms with van der Waals surface area (Å²) in [6.07, 6.45) is 1.26. The molecule has 0 spiro atoms. The third-order valence-corrected chi connectivity index (χ3v) is 5.11. The van der Waals surface area contributed by atoms with E-state index in [1.807, 2.05) is 30.5 Å². The molecule has 0 aliphatic rings. The zero-order valence-corrected chi connectivity index (χ0v) is 18.3. The SMILES string of the molecule is COC(=O)NC(SC)C(=Nc1ccc(-c2noc(C)n2)cc1)c1ccc(O)c(OC)c1. The molecule has 2 aromatic carbocycles. The Balaban J connectivity index is 2.02. The summed E-state index contributed by atoms with van der Waals surface area (Å²) in [4.78, 5) is 20.8. The molecule has 9 nitrogen and oxygen atoms in total. The molecule has 0 saturated carbocycles. The number of thioether (sulfide) groups is 1. The van der Waals surface area contributed by atoms with Gasteiger partial charge in [0.25, 0.3) is 0 Å². The number of benzene rings is 2. The molecule has 0 aliphatic heterocycles. The van der Waals surface area contributed by atoms with Crippen molar-refractivity contribution >= 4 is 29.3 Å². The van der Waals surface area contributed by atoms with Crippen LogP contribution in [0.5, 0.6) is 11.5 Å². The van der Waals surface area contributed by atoms with E-state index < -0.39 is 11.5 Å². The van der Waals surface area contributed by atoms with Crippen molar-refractivity contribution in [3.05, 3.63) is 53.9 Å². The highest BCUT2D eigenvalue weighted by Crippen LogP contribution is 2.29. The third kappa shape index (κ3) is 5.34. The van der Waals surface area contributed by atoms with Crippen LogP contribution in [0.1, 0.15) is 11.5 Å². The summed E-state index contributed by atoms with van der Waals surface area (Å²) >= 11 is 1.38. The van der Waals surface area contributed by atoms with E-state index >= 15 is 0 Å². The average molecular weight is 442 g/mol. The summed E-state index contributed by atoms with van der Waals surface area (Å²) in [6.45, 7) is 1.73. The second-order valence-corrected chi connectivity index (χ2v) is 7.26. The Hall–Kier alpha value is -3.53. The van der Waals surface area contributed by atoms with E-state index in [1.165, 1.54) is 32.0 Å². The maximum Gasteiger partial charge on any atom is 0.408 e. The second kappa shape index (κ2) is 9.98. The number of amides is 1. The van der Waals surface area contributed by atoms with Crippen molar-refractivity contribution < 1.29 is 23.9 Å². The molecular formula is C21H22N4O5S. The molecule has 1 unspecified atom stereocenters. The lowest BCUT2D eigenvalue weighted by atomic mass is 10.1. The summed E-state index contributed by atoms with van der Waals surface area (Å²) in [5, 5.41) is 16.1. The molecule has 1 heterocycles. The van der Waals surface area contributed by atoms with Crippen LogP contribution >= 0.6 is 11.8 Å². The van der Waals surface area contributed by atoms with Crippen molar-refractivity contribution in [2.75, 3.05) is 20.5 Å². The highest BCUT2D eigenvalue weighted by molar-refractivity contribution is 7.99. The quantitative estimate of drug-likeness (QED) is 0.417. The number of aromatic hydroxyl groups is 1. The first-order chi connectivity index (χ1) is 14.9. The topological polar surface area (TPSA) is 119 Å². The van der Waals surface area contributed by atoms with Crippen molar-refractivity contribution in [1.82, 2.24) is 15.5 Å². The predicted octanol–water partition coefficient (Wildman–Crippen LogP) is 3.93. The van der Waals surface area contributed by atoms with Gasteiger partial charge in [0.2, 0.25) is 11.7 Å². The van der Waals surface area contributed by atoms with Crippen molar-refractivity contribution in [3.8, 4) is 22.9 Å².